The Kier molecular flexibility index (Phi) is 3.11. The van der Waals surface area contributed by atoms with Crippen molar-refractivity contribution in [2.45, 2.75) is 19.4 Å². The molecule has 0 fully saturated rings. The molecule has 0 bridgehead atoms. The zero-order valence-electron chi connectivity index (χ0n) is 9.83. The number of fused-ring (bicyclic) bond motifs is 1. The first-order chi connectivity index (χ1) is 8.72. The molecule has 3 heterocycles. The molecule has 3 nitrogen and oxygen atoms in total. The van der Waals surface area contributed by atoms with Crippen molar-refractivity contribution in [3.8, 4) is 0 Å². The van der Waals surface area contributed by atoms with E-state index in [0.717, 1.165) is 26.5 Å². The van der Waals surface area contributed by atoms with Gasteiger partial charge in [0.2, 0.25) is 0 Å². The number of aromatic nitrogens is 2. The summed E-state index contributed by atoms with van der Waals surface area (Å²) in [4.78, 5) is 8.71. The standard InChI is InChI=1S/C13H12N2OS2/c1-8-7-18-13(15-8)5-11(16)9-4-12-10(14-6-9)2-3-17-12/h2-4,6-7,11,16H,5H2,1H3. The molecule has 1 unspecified atom stereocenters. The Morgan fingerprint density at radius 1 is 1.39 bits per heavy atom. The average Bonchev–Trinajstić information content (AvgIpc) is 2.96. The number of hydrogen-bond donors (Lipinski definition) is 1. The zero-order chi connectivity index (χ0) is 12.5. The average molecular weight is 276 g/mol. The van der Waals surface area contributed by atoms with Crippen LogP contribution >= 0.6 is 22.7 Å². The van der Waals surface area contributed by atoms with Crippen LogP contribution in [-0.4, -0.2) is 15.1 Å². The number of aryl methyl sites for hydroxylation is 1. The molecule has 5 heteroatoms. The summed E-state index contributed by atoms with van der Waals surface area (Å²) in [5.41, 5.74) is 2.85. The van der Waals surface area contributed by atoms with Crippen molar-refractivity contribution in [2.75, 3.05) is 0 Å². The molecule has 3 aromatic rings. The Bertz CT molecular complexity index is 674. The first kappa shape index (κ1) is 11.8. The Morgan fingerprint density at radius 3 is 3.06 bits per heavy atom. The van der Waals surface area contributed by atoms with Crippen molar-refractivity contribution in [1.82, 2.24) is 9.97 Å². The quantitative estimate of drug-likeness (QED) is 0.798. The predicted octanol–water partition coefficient (Wildman–Crippen LogP) is 3.34. The van der Waals surface area contributed by atoms with Gasteiger partial charge in [-0.25, -0.2) is 4.98 Å². The fourth-order valence-electron chi connectivity index (χ4n) is 1.82. The lowest BCUT2D eigenvalue weighted by atomic mass is 10.1. The van der Waals surface area contributed by atoms with Gasteiger partial charge in [-0.05, 0) is 24.4 Å². The maximum absolute atomic E-state index is 10.2. The molecule has 1 N–H and O–H groups in total. The van der Waals surface area contributed by atoms with E-state index in [9.17, 15) is 5.11 Å². The molecular formula is C13H12N2OS2. The number of pyridine rings is 1. The van der Waals surface area contributed by atoms with E-state index in [2.05, 4.69) is 9.97 Å². The first-order valence-electron chi connectivity index (χ1n) is 5.64. The van der Waals surface area contributed by atoms with Crippen LogP contribution in [0.1, 0.15) is 22.4 Å². The molecule has 3 rings (SSSR count). The first-order valence-corrected chi connectivity index (χ1v) is 7.40. The van der Waals surface area contributed by atoms with Crippen molar-refractivity contribution >= 4 is 32.9 Å². The van der Waals surface area contributed by atoms with Crippen LogP contribution in [0.3, 0.4) is 0 Å². The maximum Gasteiger partial charge on any atom is 0.0957 e. The number of aliphatic hydroxyl groups is 1. The van der Waals surface area contributed by atoms with Crippen molar-refractivity contribution < 1.29 is 5.11 Å². The Morgan fingerprint density at radius 2 is 2.28 bits per heavy atom. The normalized spacial score (nSPS) is 13.0. The number of thiazole rings is 1. The third-order valence-corrected chi connectivity index (χ3v) is 4.59. The van der Waals surface area contributed by atoms with Crippen LogP contribution < -0.4 is 0 Å². The lowest BCUT2D eigenvalue weighted by Crippen LogP contribution is -2.02. The minimum atomic E-state index is -0.533. The van der Waals surface area contributed by atoms with E-state index in [1.54, 1.807) is 28.9 Å². The molecule has 3 aromatic heterocycles. The SMILES string of the molecule is Cc1csc(CC(O)c2cnc3ccsc3c2)n1. The van der Waals surface area contributed by atoms with Gasteiger partial charge < -0.3 is 5.11 Å². The topological polar surface area (TPSA) is 46.0 Å². The molecule has 0 spiro atoms. The summed E-state index contributed by atoms with van der Waals surface area (Å²) in [6.07, 6.45) is 1.77. The summed E-state index contributed by atoms with van der Waals surface area (Å²) >= 11 is 3.23. The van der Waals surface area contributed by atoms with Gasteiger partial charge in [0.1, 0.15) is 0 Å². The van der Waals surface area contributed by atoms with Gasteiger partial charge in [-0.15, -0.1) is 22.7 Å². The highest BCUT2D eigenvalue weighted by atomic mass is 32.1. The van der Waals surface area contributed by atoms with Gasteiger partial charge in [-0.2, -0.15) is 0 Å². The van der Waals surface area contributed by atoms with Gasteiger partial charge in [-0.1, -0.05) is 0 Å². The van der Waals surface area contributed by atoms with Crippen LogP contribution in [0.15, 0.2) is 29.1 Å². The maximum atomic E-state index is 10.2. The fourth-order valence-corrected chi connectivity index (χ4v) is 3.42. The summed E-state index contributed by atoms with van der Waals surface area (Å²) < 4.78 is 1.11. The summed E-state index contributed by atoms with van der Waals surface area (Å²) in [6, 6.07) is 4.00. The van der Waals surface area contributed by atoms with Crippen molar-refractivity contribution in [3.63, 3.8) is 0 Å². The van der Waals surface area contributed by atoms with Gasteiger partial charge in [0.25, 0.3) is 0 Å². The molecule has 92 valence electrons. The van der Waals surface area contributed by atoms with Gasteiger partial charge in [-0.3, -0.25) is 4.98 Å². The van der Waals surface area contributed by atoms with E-state index >= 15 is 0 Å². The van der Waals surface area contributed by atoms with Gasteiger partial charge >= 0.3 is 0 Å². The predicted molar refractivity (Wildman–Crippen MR) is 75.1 cm³/mol. The molecular weight excluding hydrogens is 264 g/mol. The number of hydrogen-bond acceptors (Lipinski definition) is 5. The Labute approximate surface area is 113 Å². The van der Waals surface area contributed by atoms with Gasteiger partial charge in [0.05, 0.1) is 21.3 Å². The Hall–Kier alpha value is -1.30. The molecule has 0 amide bonds. The largest absolute Gasteiger partial charge is 0.388 e. The summed E-state index contributed by atoms with van der Waals surface area (Å²) in [6.45, 7) is 1.96. The lowest BCUT2D eigenvalue weighted by Gasteiger charge is -2.08. The Balaban J connectivity index is 1.84. The molecule has 0 aliphatic carbocycles. The number of aliphatic hydroxyl groups excluding tert-OH is 1. The fraction of sp³-hybridized carbons (Fsp3) is 0.231. The summed E-state index contributed by atoms with van der Waals surface area (Å²) in [7, 11) is 0. The molecule has 0 saturated carbocycles. The zero-order valence-corrected chi connectivity index (χ0v) is 11.5. The minimum Gasteiger partial charge on any atom is -0.388 e. The smallest absolute Gasteiger partial charge is 0.0957 e. The highest BCUT2D eigenvalue weighted by molar-refractivity contribution is 7.17. The molecule has 0 aliphatic heterocycles. The summed E-state index contributed by atoms with van der Waals surface area (Å²) in [5, 5.41) is 15.2. The van der Waals surface area contributed by atoms with Crippen LogP contribution in [0.5, 0.6) is 0 Å². The van der Waals surface area contributed by atoms with E-state index in [1.807, 2.05) is 29.8 Å². The third kappa shape index (κ3) is 2.29. The van der Waals surface area contributed by atoms with Crippen molar-refractivity contribution in [3.05, 3.63) is 45.4 Å². The van der Waals surface area contributed by atoms with Crippen LogP contribution in [0, 0.1) is 6.92 Å². The van der Waals surface area contributed by atoms with E-state index in [-0.39, 0.29) is 0 Å². The number of thiophene rings is 1. The minimum absolute atomic E-state index is 0.533. The van der Waals surface area contributed by atoms with E-state index < -0.39 is 6.10 Å². The second kappa shape index (κ2) is 4.76. The molecule has 0 aliphatic rings. The molecule has 0 aromatic carbocycles. The van der Waals surface area contributed by atoms with Crippen molar-refractivity contribution in [2.24, 2.45) is 0 Å². The van der Waals surface area contributed by atoms with E-state index in [0.29, 0.717) is 6.42 Å². The van der Waals surface area contributed by atoms with E-state index in [4.69, 9.17) is 0 Å². The second-order valence-electron chi connectivity index (χ2n) is 4.18. The lowest BCUT2D eigenvalue weighted by molar-refractivity contribution is 0.178. The highest BCUT2D eigenvalue weighted by Crippen LogP contribution is 2.25. The monoisotopic (exact) mass is 276 g/mol. The molecule has 1 atom stereocenters. The third-order valence-electron chi connectivity index (χ3n) is 2.74. The van der Waals surface area contributed by atoms with Gasteiger partial charge in [0, 0.05) is 29.3 Å². The molecule has 18 heavy (non-hydrogen) atoms. The van der Waals surface area contributed by atoms with Crippen LogP contribution in [0.25, 0.3) is 10.2 Å². The van der Waals surface area contributed by atoms with Crippen molar-refractivity contribution in [1.29, 1.82) is 0 Å². The summed E-state index contributed by atoms with van der Waals surface area (Å²) in [5.74, 6) is 0. The van der Waals surface area contributed by atoms with Crippen LogP contribution in [-0.2, 0) is 6.42 Å². The second-order valence-corrected chi connectivity index (χ2v) is 6.07. The molecule has 0 saturated heterocycles. The highest BCUT2D eigenvalue weighted by Gasteiger charge is 2.12. The number of rotatable bonds is 3. The van der Waals surface area contributed by atoms with E-state index in [1.165, 1.54) is 0 Å². The van der Waals surface area contributed by atoms with Crippen LogP contribution in [0.2, 0.25) is 0 Å². The molecule has 0 radical (unpaired) electrons. The number of nitrogens with zero attached hydrogens (tertiary/aromatic N) is 2. The van der Waals surface area contributed by atoms with Crippen LogP contribution in [0.4, 0.5) is 0 Å². The van der Waals surface area contributed by atoms with Gasteiger partial charge in [0.15, 0.2) is 0 Å².